The van der Waals surface area contributed by atoms with Gasteiger partial charge in [0.2, 0.25) is 0 Å². The Morgan fingerprint density at radius 2 is 1.35 bits per heavy atom. The van der Waals surface area contributed by atoms with Crippen molar-refractivity contribution >= 4 is 0 Å². The van der Waals surface area contributed by atoms with Gasteiger partial charge in [0.25, 0.3) is 0 Å². The third-order valence-electron chi connectivity index (χ3n) is 2.16. The van der Waals surface area contributed by atoms with Gasteiger partial charge >= 0.3 is 0 Å². The predicted molar refractivity (Wildman–Crippen MR) is 73.4 cm³/mol. The molecule has 0 amide bonds. The lowest BCUT2D eigenvalue weighted by Gasteiger charge is -2.01. The smallest absolute Gasteiger partial charge is 0.119 e. The molecule has 1 nitrogen and oxygen atoms in total. The van der Waals surface area contributed by atoms with E-state index >= 15 is 0 Å². The molecule has 0 aliphatic rings. The van der Waals surface area contributed by atoms with Crippen LogP contribution < -0.4 is 4.74 Å². The average molecular weight is 228 g/mol. The summed E-state index contributed by atoms with van der Waals surface area (Å²) in [6, 6.07) is 20.1. The number of aryl methyl sites for hydroxylation is 1. The van der Waals surface area contributed by atoms with Crippen LogP contribution in [-0.4, -0.2) is 6.61 Å². The van der Waals surface area contributed by atoms with Crippen LogP contribution in [0, 0.1) is 6.92 Å². The highest BCUT2D eigenvalue weighted by Crippen LogP contribution is 2.07. The van der Waals surface area contributed by atoms with E-state index < -0.39 is 0 Å². The number of hydrogen-bond acceptors (Lipinski definition) is 1. The molecule has 0 heterocycles. The second-order valence-corrected chi connectivity index (χ2v) is 3.82. The molecule has 2 rings (SSSR count). The summed E-state index contributed by atoms with van der Waals surface area (Å²) in [7, 11) is 0. The number of benzene rings is 2. The van der Waals surface area contributed by atoms with E-state index in [2.05, 4.69) is 26.0 Å². The maximum Gasteiger partial charge on any atom is 0.119 e. The van der Waals surface area contributed by atoms with Crippen LogP contribution in [0.4, 0.5) is 0 Å². The van der Waals surface area contributed by atoms with E-state index in [9.17, 15) is 0 Å². The van der Waals surface area contributed by atoms with Crippen LogP contribution in [-0.2, 0) is 0 Å². The van der Waals surface area contributed by atoms with Crippen LogP contribution in [0.5, 0.6) is 5.75 Å². The molecule has 0 aromatic heterocycles. The lowest BCUT2D eigenvalue weighted by Crippen LogP contribution is -1.93. The minimum Gasteiger partial charge on any atom is -0.494 e. The molecule has 0 atom stereocenters. The minimum atomic E-state index is 0.810. The van der Waals surface area contributed by atoms with Gasteiger partial charge in [-0.3, -0.25) is 0 Å². The topological polar surface area (TPSA) is 9.23 Å². The molecule has 90 valence electrons. The van der Waals surface area contributed by atoms with Gasteiger partial charge in [0.1, 0.15) is 5.75 Å². The summed E-state index contributed by atoms with van der Waals surface area (Å²) in [5, 5.41) is 0. The molecular formula is C16H20O. The van der Waals surface area contributed by atoms with Gasteiger partial charge in [0.15, 0.2) is 0 Å². The highest BCUT2D eigenvalue weighted by molar-refractivity contribution is 5.20. The van der Waals surface area contributed by atoms with Gasteiger partial charge in [-0.15, -0.1) is 0 Å². The first-order valence-electron chi connectivity index (χ1n) is 6.02. The molecule has 0 aliphatic carbocycles. The Morgan fingerprint density at radius 3 is 1.76 bits per heavy atom. The van der Waals surface area contributed by atoms with Crippen molar-refractivity contribution in [3.63, 3.8) is 0 Å². The van der Waals surface area contributed by atoms with E-state index in [0.29, 0.717) is 0 Å². The van der Waals surface area contributed by atoms with Crippen LogP contribution in [0.2, 0.25) is 0 Å². The van der Waals surface area contributed by atoms with Crippen molar-refractivity contribution in [1.29, 1.82) is 0 Å². The quantitative estimate of drug-likeness (QED) is 0.753. The molecular weight excluding hydrogens is 208 g/mol. The Bertz CT molecular complexity index is 381. The molecule has 2 aromatic carbocycles. The Balaban J connectivity index is 0.000000181. The summed E-state index contributed by atoms with van der Waals surface area (Å²) < 4.78 is 5.36. The van der Waals surface area contributed by atoms with Crippen molar-refractivity contribution in [3.8, 4) is 5.75 Å². The molecule has 2 aromatic rings. The molecule has 0 N–H and O–H groups in total. The van der Waals surface area contributed by atoms with E-state index in [4.69, 9.17) is 4.74 Å². The SMILES string of the molecule is CCCOc1ccccc1.Cc1ccccc1. The predicted octanol–water partition coefficient (Wildman–Crippen LogP) is 4.47. The van der Waals surface area contributed by atoms with E-state index in [1.54, 1.807) is 0 Å². The van der Waals surface area contributed by atoms with E-state index in [0.717, 1.165) is 18.8 Å². The summed E-state index contributed by atoms with van der Waals surface area (Å²) >= 11 is 0. The summed E-state index contributed by atoms with van der Waals surface area (Å²) in [6.07, 6.45) is 1.06. The lowest BCUT2D eigenvalue weighted by atomic mass is 10.2. The van der Waals surface area contributed by atoms with Gasteiger partial charge in [-0.2, -0.15) is 0 Å². The highest BCUT2D eigenvalue weighted by atomic mass is 16.5. The van der Waals surface area contributed by atoms with Crippen LogP contribution >= 0.6 is 0 Å². The molecule has 0 aliphatic heterocycles. The summed E-state index contributed by atoms with van der Waals surface area (Å²) in [6.45, 7) is 4.99. The zero-order chi connectivity index (χ0) is 12.3. The standard InChI is InChI=1S/C9H12O.C7H8/c1-2-8-10-9-6-4-3-5-7-9;1-7-5-3-2-4-6-7/h3-7H,2,8H2,1H3;2-6H,1H3. The van der Waals surface area contributed by atoms with E-state index in [-0.39, 0.29) is 0 Å². The zero-order valence-corrected chi connectivity index (χ0v) is 10.6. The molecule has 0 saturated heterocycles. The summed E-state index contributed by atoms with van der Waals surface area (Å²) in [5.41, 5.74) is 1.32. The van der Waals surface area contributed by atoms with Gasteiger partial charge in [0.05, 0.1) is 6.61 Å². The number of ether oxygens (including phenoxy) is 1. The number of rotatable bonds is 3. The molecule has 1 heteroatoms. The van der Waals surface area contributed by atoms with Crippen LogP contribution in [0.15, 0.2) is 60.7 Å². The maximum absolute atomic E-state index is 5.36. The molecule has 0 spiro atoms. The summed E-state index contributed by atoms with van der Waals surface area (Å²) in [5.74, 6) is 0.962. The fraction of sp³-hybridized carbons (Fsp3) is 0.250. The first kappa shape index (κ1) is 13.3. The average Bonchev–Trinajstić information content (AvgIpc) is 2.39. The number of para-hydroxylation sites is 1. The summed E-state index contributed by atoms with van der Waals surface area (Å²) in [4.78, 5) is 0. The second kappa shape index (κ2) is 8.40. The monoisotopic (exact) mass is 228 g/mol. The maximum atomic E-state index is 5.36. The van der Waals surface area contributed by atoms with Crippen molar-refractivity contribution in [2.24, 2.45) is 0 Å². The minimum absolute atomic E-state index is 0.810. The Labute approximate surface area is 104 Å². The van der Waals surface area contributed by atoms with Crippen molar-refractivity contribution < 1.29 is 4.74 Å². The molecule has 0 bridgehead atoms. The highest BCUT2D eigenvalue weighted by Gasteiger charge is 1.86. The van der Waals surface area contributed by atoms with Gasteiger partial charge in [-0.25, -0.2) is 0 Å². The van der Waals surface area contributed by atoms with Crippen molar-refractivity contribution in [2.45, 2.75) is 20.3 Å². The van der Waals surface area contributed by atoms with Crippen LogP contribution in [0.25, 0.3) is 0 Å². The van der Waals surface area contributed by atoms with Gasteiger partial charge in [-0.05, 0) is 25.5 Å². The molecule has 0 radical (unpaired) electrons. The van der Waals surface area contributed by atoms with Gasteiger partial charge in [-0.1, -0.05) is 61.0 Å². The first-order valence-corrected chi connectivity index (χ1v) is 6.02. The van der Waals surface area contributed by atoms with Crippen LogP contribution in [0.3, 0.4) is 0 Å². The Hall–Kier alpha value is -1.76. The third-order valence-corrected chi connectivity index (χ3v) is 2.16. The molecule has 0 unspecified atom stereocenters. The second-order valence-electron chi connectivity index (χ2n) is 3.82. The zero-order valence-electron chi connectivity index (χ0n) is 10.6. The number of hydrogen-bond donors (Lipinski definition) is 0. The van der Waals surface area contributed by atoms with Gasteiger partial charge < -0.3 is 4.74 Å². The lowest BCUT2D eigenvalue weighted by molar-refractivity contribution is 0.317. The fourth-order valence-electron chi connectivity index (χ4n) is 1.27. The Morgan fingerprint density at radius 1 is 0.824 bits per heavy atom. The normalized spacial score (nSPS) is 9.06. The molecule has 0 fully saturated rings. The van der Waals surface area contributed by atoms with E-state index in [1.807, 2.05) is 48.5 Å². The van der Waals surface area contributed by atoms with Crippen molar-refractivity contribution in [2.75, 3.05) is 6.61 Å². The fourth-order valence-corrected chi connectivity index (χ4v) is 1.27. The molecule has 0 saturated carbocycles. The third kappa shape index (κ3) is 6.41. The van der Waals surface area contributed by atoms with Gasteiger partial charge in [0, 0.05) is 0 Å². The van der Waals surface area contributed by atoms with Crippen LogP contribution in [0.1, 0.15) is 18.9 Å². The molecule has 17 heavy (non-hydrogen) atoms. The van der Waals surface area contributed by atoms with E-state index in [1.165, 1.54) is 5.56 Å². The van der Waals surface area contributed by atoms with Crippen molar-refractivity contribution in [3.05, 3.63) is 66.2 Å². The Kier molecular flexibility index (Phi) is 6.57. The first-order chi connectivity index (χ1) is 8.33. The largest absolute Gasteiger partial charge is 0.494 e. The van der Waals surface area contributed by atoms with Crippen molar-refractivity contribution in [1.82, 2.24) is 0 Å².